The van der Waals surface area contributed by atoms with Crippen LogP contribution in [0.15, 0.2) is 65.6 Å². The fourth-order valence-electron chi connectivity index (χ4n) is 3.09. The third kappa shape index (κ3) is 3.29. The number of para-hydroxylation sites is 2. The van der Waals surface area contributed by atoms with Gasteiger partial charge in [-0.2, -0.15) is 4.31 Å². The van der Waals surface area contributed by atoms with Crippen molar-refractivity contribution < 1.29 is 8.42 Å². The molecular formula is C19H20N4O2S. The third-order valence-electron chi connectivity index (χ3n) is 4.44. The molecule has 134 valence electrons. The molecule has 6 nitrogen and oxygen atoms in total. The van der Waals surface area contributed by atoms with E-state index in [-0.39, 0.29) is 4.90 Å². The second-order valence-electron chi connectivity index (χ2n) is 6.16. The molecule has 4 rings (SSSR count). The predicted octanol–water partition coefficient (Wildman–Crippen LogP) is 2.57. The topological polar surface area (TPSA) is 74.3 Å². The predicted molar refractivity (Wildman–Crippen MR) is 103 cm³/mol. The maximum absolute atomic E-state index is 13.0. The summed E-state index contributed by atoms with van der Waals surface area (Å²) in [5.41, 5.74) is 1.40. The summed E-state index contributed by atoms with van der Waals surface area (Å²) in [5.74, 6) is 0.617. The molecule has 1 aliphatic heterocycles. The molecule has 0 aliphatic carbocycles. The molecule has 2 heterocycles. The first kappa shape index (κ1) is 17.0. The van der Waals surface area contributed by atoms with Gasteiger partial charge in [0, 0.05) is 31.6 Å². The van der Waals surface area contributed by atoms with Crippen LogP contribution in [0, 0.1) is 0 Å². The van der Waals surface area contributed by atoms with Crippen molar-refractivity contribution in [2.45, 2.75) is 4.90 Å². The summed E-state index contributed by atoms with van der Waals surface area (Å²) in [6, 6.07) is 18.6. The minimum absolute atomic E-state index is 0.275. The Balaban J connectivity index is 1.68. The van der Waals surface area contributed by atoms with Crippen molar-refractivity contribution in [1.82, 2.24) is 14.6 Å². The van der Waals surface area contributed by atoms with Gasteiger partial charge in [0.15, 0.2) is 0 Å². The second kappa shape index (κ2) is 7.03. The highest BCUT2D eigenvalue weighted by molar-refractivity contribution is 7.89. The van der Waals surface area contributed by atoms with Crippen LogP contribution in [0.4, 0.5) is 11.5 Å². The summed E-state index contributed by atoms with van der Waals surface area (Å²) in [7, 11) is -3.55. The van der Waals surface area contributed by atoms with Crippen molar-refractivity contribution in [1.29, 1.82) is 0 Å². The number of nitrogens with one attached hydrogen (secondary N) is 2. The zero-order valence-electron chi connectivity index (χ0n) is 14.2. The molecule has 0 radical (unpaired) electrons. The van der Waals surface area contributed by atoms with Gasteiger partial charge in [-0.05, 0) is 30.3 Å². The average Bonchev–Trinajstić information content (AvgIpc) is 2.69. The highest BCUT2D eigenvalue weighted by atomic mass is 32.2. The van der Waals surface area contributed by atoms with E-state index in [2.05, 4.69) is 15.6 Å². The molecular weight excluding hydrogens is 348 g/mol. The molecule has 0 bridgehead atoms. The van der Waals surface area contributed by atoms with Crippen LogP contribution < -0.4 is 10.6 Å². The summed E-state index contributed by atoms with van der Waals surface area (Å²) in [4.78, 5) is 4.85. The smallest absolute Gasteiger partial charge is 0.245 e. The lowest BCUT2D eigenvalue weighted by molar-refractivity contribution is 0.360. The van der Waals surface area contributed by atoms with Gasteiger partial charge in [-0.25, -0.2) is 13.4 Å². The molecule has 3 aromatic rings. The number of nitrogens with zero attached hydrogens (tertiary/aromatic N) is 2. The number of benzene rings is 2. The standard InChI is InChI=1S/C19H20N4O2S/c24-26(25,23-13-11-20-12-14-23)18-8-4-3-7-17(18)22-19-10-9-15-5-1-2-6-16(15)21-19/h1-10,20H,11-14H2,(H,21,22). The largest absolute Gasteiger partial charge is 0.339 e. The first-order valence-corrected chi connectivity index (χ1v) is 10.0. The van der Waals surface area contributed by atoms with E-state index in [0.717, 1.165) is 10.9 Å². The summed E-state index contributed by atoms with van der Waals surface area (Å²) >= 11 is 0. The number of fused-ring (bicyclic) bond motifs is 1. The van der Waals surface area contributed by atoms with Gasteiger partial charge in [-0.15, -0.1) is 0 Å². The molecule has 26 heavy (non-hydrogen) atoms. The number of pyridine rings is 1. The van der Waals surface area contributed by atoms with E-state index in [1.165, 1.54) is 4.31 Å². The van der Waals surface area contributed by atoms with Gasteiger partial charge >= 0.3 is 0 Å². The molecule has 0 amide bonds. The van der Waals surface area contributed by atoms with Gasteiger partial charge in [0.05, 0.1) is 11.2 Å². The Hall–Kier alpha value is -2.48. The SMILES string of the molecule is O=S(=O)(c1ccccc1Nc1ccc2ccccc2n1)N1CCNCC1. The number of hydrogen-bond donors (Lipinski definition) is 2. The average molecular weight is 368 g/mol. The van der Waals surface area contributed by atoms with E-state index in [1.807, 2.05) is 42.5 Å². The van der Waals surface area contributed by atoms with E-state index in [4.69, 9.17) is 0 Å². The van der Waals surface area contributed by atoms with Crippen molar-refractivity contribution >= 4 is 32.4 Å². The Kier molecular flexibility index (Phi) is 4.58. The van der Waals surface area contributed by atoms with E-state index in [9.17, 15) is 8.42 Å². The number of aromatic nitrogens is 1. The Morgan fingerprint density at radius 1 is 0.923 bits per heavy atom. The first-order valence-electron chi connectivity index (χ1n) is 8.57. The van der Waals surface area contributed by atoms with E-state index in [0.29, 0.717) is 37.7 Å². The highest BCUT2D eigenvalue weighted by Crippen LogP contribution is 2.27. The number of anilines is 2. The number of rotatable bonds is 4. The lowest BCUT2D eigenvalue weighted by atomic mass is 10.2. The Morgan fingerprint density at radius 2 is 1.65 bits per heavy atom. The molecule has 0 unspecified atom stereocenters. The molecule has 1 aliphatic rings. The Labute approximate surface area is 152 Å². The van der Waals surface area contributed by atoms with Crippen LogP contribution in [-0.4, -0.2) is 43.9 Å². The maximum Gasteiger partial charge on any atom is 0.245 e. The third-order valence-corrected chi connectivity index (χ3v) is 6.40. The van der Waals surface area contributed by atoms with Crippen LogP contribution in [0.1, 0.15) is 0 Å². The molecule has 1 saturated heterocycles. The van der Waals surface area contributed by atoms with Crippen LogP contribution in [0.3, 0.4) is 0 Å². The van der Waals surface area contributed by atoms with E-state index >= 15 is 0 Å². The van der Waals surface area contributed by atoms with Crippen LogP contribution in [-0.2, 0) is 10.0 Å². The van der Waals surface area contributed by atoms with Gasteiger partial charge in [-0.3, -0.25) is 0 Å². The summed E-state index contributed by atoms with van der Waals surface area (Å²) in [6.45, 7) is 2.29. The van der Waals surface area contributed by atoms with Gasteiger partial charge in [0.1, 0.15) is 10.7 Å². The van der Waals surface area contributed by atoms with Crippen molar-refractivity contribution in [2.75, 3.05) is 31.5 Å². The molecule has 7 heteroatoms. The lowest BCUT2D eigenvalue weighted by Gasteiger charge is -2.27. The molecule has 1 fully saturated rings. The Bertz CT molecular complexity index is 1030. The van der Waals surface area contributed by atoms with Crippen LogP contribution in [0.5, 0.6) is 0 Å². The zero-order valence-corrected chi connectivity index (χ0v) is 15.0. The van der Waals surface area contributed by atoms with Crippen molar-refractivity contribution in [3.63, 3.8) is 0 Å². The van der Waals surface area contributed by atoms with Crippen LogP contribution >= 0.6 is 0 Å². The summed E-state index contributed by atoms with van der Waals surface area (Å²) in [5, 5.41) is 7.40. The van der Waals surface area contributed by atoms with Crippen molar-refractivity contribution in [3.8, 4) is 0 Å². The lowest BCUT2D eigenvalue weighted by Crippen LogP contribution is -2.46. The molecule has 1 aromatic heterocycles. The Morgan fingerprint density at radius 3 is 2.50 bits per heavy atom. The van der Waals surface area contributed by atoms with E-state index in [1.54, 1.807) is 18.2 Å². The zero-order chi connectivity index (χ0) is 18.0. The number of piperazine rings is 1. The van der Waals surface area contributed by atoms with Gasteiger partial charge in [0.2, 0.25) is 10.0 Å². The highest BCUT2D eigenvalue weighted by Gasteiger charge is 2.28. The van der Waals surface area contributed by atoms with Gasteiger partial charge in [-0.1, -0.05) is 30.3 Å². The monoisotopic (exact) mass is 368 g/mol. The normalized spacial score (nSPS) is 15.8. The minimum Gasteiger partial charge on any atom is -0.339 e. The quantitative estimate of drug-likeness (QED) is 0.740. The number of sulfonamides is 1. The minimum atomic E-state index is -3.55. The molecule has 2 aromatic carbocycles. The second-order valence-corrected chi connectivity index (χ2v) is 8.07. The fraction of sp³-hybridized carbons (Fsp3) is 0.211. The molecule has 2 N–H and O–H groups in total. The van der Waals surface area contributed by atoms with Crippen molar-refractivity contribution in [2.24, 2.45) is 0 Å². The van der Waals surface area contributed by atoms with Gasteiger partial charge < -0.3 is 10.6 Å². The summed E-state index contributed by atoms with van der Waals surface area (Å²) in [6.07, 6.45) is 0. The molecule has 0 saturated carbocycles. The van der Waals surface area contributed by atoms with Gasteiger partial charge in [0.25, 0.3) is 0 Å². The van der Waals surface area contributed by atoms with E-state index < -0.39 is 10.0 Å². The fourth-order valence-corrected chi connectivity index (χ4v) is 4.68. The first-order chi connectivity index (χ1) is 12.6. The van der Waals surface area contributed by atoms with Crippen LogP contribution in [0.2, 0.25) is 0 Å². The summed E-state index contributed by atoms with van der Waals surface area (Å²) < 4.78 is 27.6. The van der Waals surface area contributed by atoms with Crippen molar-refractivity contribution in [3.05, 3.63) is 60.7 Å². The molecule has 0 atom stereocenters. The van der Waals surface area contributed by atoms with Crippen LogP contribution in [0.25, 0.3) is 10.9 Å². The maximum atomic E-state index is 13.0. The number of hydrogen-bond acceptors (Lipinski definition) is 5. The molecule has 0 spiro atoms.